The predicted molar refractivity (Wildman–Crippen MR) is 33.0 cm³/mol. The van der Waals surface area contributed by atoms with Gasteiger partial charge in [0.05, 0.1) is 12.1 Å². The van der Waals surface area contributed by atoms with Crippen LogP contribution in [0.1, 0.15) is 0 Å². The third kappa shape index (κ3) is 1.23. The van der Waals surface area contributed by atoms with Gasteiger partial charge in [-0.3, -0.25) is 0 Å². The monoisotopic (exact) mass is 114 g/mol. The van der Waals surface area contributed by atoms with Crippen molar-refractivity contribution in [3.8, 4) is 0 Å². The summed E-state index contributed by atoms with van der Waals surface area (Å²) in [4.78, 5) is 0. The van der Waals surface area contributed by atoms with Crippen LogP contribution in [0, 0.1) is 0 Å². The molecule has 0 saturated heterocycles. The highest BCUT2D eigenvalue weighted by Crippen LogP contribution is 2.09. The summed E-state index contributed by atoms with van der Waals surface area (Å²) in [5.41, 5.74) is 0. The number of rotatable bonds is 0. The van der Waals surface area contributed by atoms with Crippen molar-refractivity contribution in [3.63, 3.8) is 0 Å². The van der Waals surface area contributed by atoms with Gasteiger partial charge in [0.1, 0.15) is 0 Å². The van der Waals surface area contributed by atoms with E-state index in [0.717, 1.165) is 0 Å². The Kier molecular flexibility index (Phi) is 1.36. The van der Waals surface area contributed by atoms with Gasteiger partial charge >= 0.3 is 0 Å². The van der Waals surface area contributed by atoms with Crippen molar-refractivity contribution in [2.45, 2.75) is 0 Å². The van der Waals surface area contributed by atoms with Crippen LogP contribution in [-0.2, 0) is 0 Å². The zero-order valence-electron chi connectivity index (χ0n) is 4.03. The van der Waals surface area contributed by atoms with Crippen LogP contribution < -0.4 is 0 Å². The lowest BCUT2D eigenvalue weighted by atomic mass is 10.7. The summed E-state index contributed by atoms with van der Waals surface area (Å²) in [6, 6.07) is 0. The van der Waals surface area contributed by atoms with Crippen LogP contribution in [0.15, 0.2) is 16.7 Å². The van der Waals surface area contributed by atoms with E-state index in [2.05, 4.69) is 4.40 Å². The zero-order valence-corrected chi connectivity index (χ0v) is 4.85. The van der Waals surface area contributed by atoms with Gasteiger partial charge in [-0.05, 0) is 6.08 Å². The Morgan fingerprint density at radius 2 is 2.57 bits per heavy atom. The first kappa shape index (κ1) is 4.71. The van der Waals surface area contributed by atoms with Crippen LogP contribution >= 0.6 is 12.1 Å². The molecule has 2 nitrogen and oxygen atoms in total. The summed E-state index contributed by atoms with van der Waals surface area (Å²) < 4.78 is 5.82. The second-order valence-electron chi connectivity index (χ2n) is 1.22. The Morgan fingerprint density at radius 3 is 2.86 bits per heavy atom. The fourth-order valence-corrected chi connectivity index (χ4v) is 0.722. The lowest BCUT2D eigenvalue weighted by Gasteiger charge is -2.08. The molecular weight excluding hydrogens is 108 g/mol. The van der Waals surface area contributed by atoms with Crippen LogP contribution in [0.2, 0.25) is 0 Å². The summed E-state index contributed by atoms with van der Waals surface area (Å²) in [7, 11) is 1.96. The molecule has 0 N–H and O–H groups in total. The molecule has 1 aliphatic heterocycles. The first-order valence-corrected chi connectivity index (χ1v) is 2.73. The normalized spacial score (nSPS) is 18.1. The molecule has 0 saturated carbocycles. The summed E-state index contributed by atoms with van der Waals surface area (Å²) in [5.74, 6) is 0. The number of allylic oxidation sites excluding steroid dienone is 1. The van der Waals surface area contributed by atoms with Crippen LogP contribution in [-0.4, -0.2) is 17.6 Å². The van der Waals surface area contributed by atoms with Gasteiger partial charge < -0.3 is 4.31 Å². The van der Waals surface area contributed by atoms with Gasteiger partial charge in [0, 0.05) is 19.5 Å². The topological polar surface area (TPSA) is 15.6 Å². The standard InChI is InChI=1S/C4H6N2S/c1-6-4-2-3-5-7-6/h2-4H,1H3. The molecule has 0 atom stereocenters. The second-order valence-corrected chi connectivity index (χ2v) is 2.17. The molecule has 0 aromatic carbocycles. The van der Waals surface area contributed by atoms with Gasteiger partial charge in [0.2, 0.25) is 0 Å². The zero-order chi connectivity index (χ0) is 5.11. The predicted octanol–water partition coefficient (Wildman–Crippen LogP) is 1.08. The highest BCUT2D eigenvalue weighted by Gasteiger charge is 1.88. The maximum Gasteiger partial charge on any atom is 0.0921 e. The number of nitrogens with zero attached hydrogens (tertiary/aromatic N) is 2. The lowest BCUT2D eigenvalue weighted by molar-refractivity contribution is 0.774. The Hall–Kier alpha value is -0.440. The Labute approximate surface area is 47.2 Å². The average Bonchev–Trinajstić information content (AvgIpc) is 1.69. The van der Waals surface area contributed by atoms with Crippen LogP contribution in [0.4, 0.5) is 0 Å². The summed E-state index contributed by atoms with van der Waals surface area (Å²) in [5, 5.41) is 0. The van der Waals surface area contributed by atoms with Gasteiger partial charge in [-0.2, -0.15) is 0 Å². The molecule has 0 bridgehead atoms. The van der Waals surface area contributed by atoms with Gasteiger partial charge in [0.25, 0.3) is 0 Å². The minimum atomic E-state index is 1.43. The third-order valence-electron chi connectivity index (χ3n) is 0.619. The van der Waals surface area contributed by atoms with Crippen LogP contribution in [0.3, 0.4) is 0 Å². The van der Waals surface area contributed by atoms with E-state index in [1.807, 2.05) is 23.6 Å². The minimum absolute atomic E-state index is 1.43. The first-order valence-electron chi connectivity index (χ1n) is 2.00. The van der Waals surface area contributed by atoms with Crippen molar-refractivity contribution >= 4 is 18.3 Å². The molecule has 0 fully saturated rings. The second kappa shape index (κ2) is 2.02. The summed E-state index contributed by atoms with van der Waals surface area (Å²) in [6.45, 7) is 0. The van der Waals surface area contributed by atoms with Gasteiger partial charge in [-0.15, -0.1) is 0 Å². The van der Waals surface area contributed by atoms with E-state index in [4.69, 9.17) is 0 Å². The molecular formula is C4H6N2S. The molecule has 0 spiro atoms. The number of hydrogen-bond donors (Lipinski definition) is 0. The van der Waals surface area contributed by atoms with E-state index in [1.54, 1.807) is 6.21 Å². The SMILES string of the molecule is CN1C=CC=NS1. The van der Waals surface area contributed by atoms with E-state index < -0.39 is 0 Å². The lowest BCUT2D eigenvalue weighted by Crippen LogP contribution is -1.98. The molecule has 1 heterocycles. The van der Waals surface area contributed by atoms with Crippen molar-refractivity contribution in [3.05, 3.63) is 12.3 Å². The third-order valence-corrected chi connectivity index (χ3v) is 1.21. The first-order chi connectivity index (χ1) is 3.39. The smallest absolute Gasteiger partial charge is 0.0921 e. The van der Waals surface area contributed by atoms with Gasteiger partial charge in [0.15, 0.2) is 0 Å². The molecule has 0 aromatic rings. The number of hydrogen-bond acceptors (Lipinski definition) is 3. The molecule has 0 radical (unpaired) electrons. The molecule has 38 valence electrons. The van der Waals surface area contributed by atoms with Gasteiger partial charge in [-0.1, -0.05) is 0 Å². The average molecular weight is 114 g/mol. The molecule has 1 rings (SSSR count). The highest BCUT2D eigenvalue weighted by molar-refractivity contribution is 7.95. The van der Waals surface area contributed by atoms with E-state index in [-0.39, 0.29) is 0 Å². The van der Waals surface area contributed by atoms with Crippen LogP contribution in [0.5, 0.6) is 0 Å². The van der Waals surface area contributed by atoms with Crippen molar-refractivity contribution in [2.24, 2.45) is 4.40 Å². The molecule has 0 amide bonds. The van der Waals surface area contributed by atoms with Crippen molar-refractivity contribution in [1.29, 1.82) is 0 Å². The molecule has 0 aromatic heterocycles. The molecule has 3 heteroatoms. The fourth-order valence-electron chi connectivity index (χ4n) is 0.324. The molecule has 0 unspecified atom stereocenters. The summed E-state index contributed by atoms with van der Waals surface area (Å²) in [6.07, 6.45) is 5.62. The molecule has 0 aliphatic carbocycles. The van der Waals surface area contributed by atoms with E-state index in [0.29, 0.717) is 0 Å². The van der Waals surface area contributed by atoms with Crippen molar-refractivity contribution < 1.29 is 0 Å². The van der Waals surface area contributed by atoms with Gasteiger partial charge in [-0.25, -0.2) is 4.40 Å². The minimum Gasteiger partial charge on any atom is -0.307 e. The quantitative estimate of drug-likeness (QED) is 0.438. The van der Waals surface area contributed by atoms with Crippen molar-refractivity contribution in [2.75, 3.05) is 7.05 Å². The van der Waals surface area contributed by atoms with Crippen molar-refractivity contribution in [1.82, 2.24) is 4.31 Å². The largest absolute Gasteiger partial charge is 0.307 e. The van der Waals surface area contributed by atoms with E-state index >= 15 is 0 Å². The molecule has 1 aliphatic rings. The van der Waals surface area contributed by atoms with E-state index in [1.165, 1.54) is 12.1 Å². The summed E-state index contributed by atoms with van der Waals surface area (Å²) >= 11 is 1.43. The Morgan fingerprint density at radius 1 is 1.71 bits per heavy atom. The fraction of sp³-hybridized carbons (Fsp3) is 0.250. The maximum absolute atomic E-state index is 3.89. The molecule has 7 heavy (non-hydrogen) atoms. The maximum atomic E-state index is 3.89. The highest BCUT2D eigenvalue weighted by atomic mass is 32.2. The Balaban J connectivity index is 2.49. The van der Waals surface area contributed by atoms with Crippen LogP contribution in [0.25, 0.3) is 0 Å². The van der Waals surface area contributed by atoms with E-state index in [9.17, 15) is 0 Å². The Bertz CT molecular complexity index is 108.